The fourth-order valence-corrected chi connectivity index (χ4v) is 3.58. The molecule has 1 aromatic heterocycles. The van der Waals surface area contributed by atoms with Crippen molar-refractivity contribution in [1.29, 1.82) is 0 Å². The lowest BCUT2D eigenvalue weighted by Gasteiger charge is -2.39. The molecule has 0 aliphatic carbocycles. The number of halogens is 1. The second-order valence-corrected chi connectivity index (χ2v) is 7.75. The molecule has 1 saturated heterocycles. The van der Waals surface area contributed by atoms with Gasteiger partial charge in [-0.1, -0.05) is 0 Å². The summed E-state index contributed by atoms with van der Waals surface area (Å²) in [7, 11) is 1.91. The van der Waals surface area contributed by atoms with Gasteiger partial charge >= 0.3 is 0 Å². The monoisotopic (exact) mass is 450 g/mol. The number of nitrogens with zero attached hydrogens (tertiary/aromatic N) is 4. The van der Waals surface area contributed by atoms with Gasteiger partial charge in [-0.05, 0) is 55.6 Å². The van der Waals surface area contributed by atoms with Crippen molar-refractivity contribution < 1.29 is 18.7 Å². The summed E-state index contributed by atoms with van der Waals surface area (Å²) in [5, 5.41) is 0. The number of benzene rings is 2. The molecule has 1 aliphatic rings. The van der Waals surface area contributed by atoms with E-state index in [-0.39, 0.29) is 17.3 Å². The van der Waals surface area contributed by atoms with Crippen LogP contribution in [0.25, 0.3) is 11.4 Å². The fourth-order valence-electron chi connectivity index (χ4n) is 3.58. The van der Waals surface area contributed by atoms with Gasteiger partial charge in [-0.3, -0.25) is 9.59 Å². The maximum Gasteiger partial charge on any atom is 0.267 e. The van der Waals surface area contributed by atoms with E-state index in [2.05, 4.69) is 9.97 Å². The summed E-state index contributed by atoms with van der Waals surface area (Å²) in [4.78, 5) is 36.6. The fraction of sp³-hybridized carbons (Fsp3) is 0.217. The molecule has 33 heavy (non-hydrogen) atoms. The molecule has 0 radical (unpaired) electrons. The molecule has 0 saturated carbocycles. The second-order valence-electron chi connectivity index (χ2n) is 7.75. The van der Waals surface area contributed by atoms with E-state index in [1.165, 1.54) is 30.3 Å². The van der Waals surface area contributed by atoms with Crippen LogP contribution in [-0.4, -0.2) is 59.4 Å². The zero-order valence-electron chi connectivity index (χ0n) is 17.9. The first-order chi connectivity index (χ1) is 15.8. The molecule has 10 heteroatoms. The summed E-state index contributed by atoms with van der Waals surface area (Å²) in [6.07, 6.45) is 0. The average molecular weight is 450 g/mol. The van der Waals surface area contributed by atoms with Crippen LogP contribution in [-0.2, 0) is 4.79 Å². The summed E-state index contributed by atoms with van der Waals surface area (Å²) in [6, 6.07) is 13.4. The maximum absolute atomic E-state index is 13.1. The zero-order chi connectivity index (χ0) is 23.5. The summed E-state index contributed by atoms with van der Waals surface area (Å²) in [5.74, 6) is 0.161. The molecule has 2 heterocycles. The average Bonchev–Trinajstić information content (AvgIpc) is 2.80. The molecule has 9 nitrogen and oxygen atoms in total. The molecule has 0 bridgehead atoms. The van der Waals surface area contributed by atoms with E-state index in [1.807, 2.05) is 11.9 Å². The molecular weight excluding hydrogens is 427 g/mol. The van der Waals surface area contributed by atoms with Crippen molar-refractivity contribution in [2.45, 2.75) is 6.04 Å². The van der Waals surface area contributed by atoms with E-state index in [0.29, 0.717) is 42.5 Å². The number of carbonyl (C=O) groups excluding carboxylic acids is 2. The molecule has 1 aliphatic heterocycles. The van der Waals surface area contributed by atoms with Gasteiger partial charge in [-0.15, -0.1) is 0 Å². The smallest absolute Gasteiger partial charge is 0.267 e. The number of rotatable bonds is 6. The van der Waals surface area contributed by atoms with Crippen molar-refractivity contribution in [2.75, 3.05) is 31.6 Å². The molecule has 3 aromatic rings. The Bertz CT molecular complexity index is 1170. The van der Waals surface area contributed by atoms with Crippen molar-refractivity contribution in [3.8, 4) is 22.9 Å². The van der Waals surface area contributed by atoms with Crippen LogP contribution in [0.2, 0.25) is 0 Å². The molecule has 170 valence electrons. The van der Waals surface area contributed by atoms with Crippen molar-refractivity contribution in [2.24, 2.45) is 11.5 Å². The van der Waals surface area contributed by atoms with Crippen LogP contribution in [0, 0.1) is 5.82 Å². The minimum absolute atomic E-state index is 0.0313. The second kappa shape index (κ2) is 9.21. The predicted octanol–water partition coefficient (Wildman–Crippen LogP) is 1.78. The number of anilines is 1. The zero-order valence-corrected chi connectivity index (χ0v) is 17.9. The van der Waals surface area contributed by atoms with Crippen LogP contribution in [0.5, 0.6) is 11.5 Å². The van der Waals surface area contributed by atoms with Gasteiger partial charge in [0.25, 0.3) is 5.91 Å². The lowest BCUT2D eigenvalue weighted by Crippen LogP contribution is -2.57. The predicted molar refractivity (Wildman–Crippen MR) is 120 cm³/mol. The summed E-state index contributed by atoms with van der Waals surface area (Å²) < 4.78 is 18.8. The van der Waals surface area contributed by atoms with Crippen LogP contribution in [0.3, 0.4) is 0 Å². The van der Waals surface area contributed by atoms with E-state index in [4.69, 9.17) is 16.2 Å². The normalized spacial score (nSPS) is 16.4. The Kier molecular flexibility index (Phi) is 6.18. The van der Waals surface area contributed by atoms with Crippen LogP contribution >= 0.6 is 0 Å². The van der Waals surface area contributed by atoms with Gasteiger partial charge in [0.1, 0.15) is 34.9 Å². The topological polar surface area (TPSA) is 128 Å². The number of hydrogen-bond donors (Lipinski definition) is 2. The van der Waals surface area contributed by atoms with Crippen molar-refractivity contribution in [3.63, 3.8) is 0 Å². The van der Waals surface area contributed by atoms with Crippen molar-refractivity contribution in [3.05, 3.63) is 66.1 Å². The van der Waals surface area contributed by atoms with Crippen LogP contribution in [0.1, 0.15) is 10.5 Å². The molecule has 1 atom stereocenters. The van der Waals surface area contributed by atoms with Gasteiger partial charge in [-0.2, -0.15) is 0 Å². The van der Waals surface area contributed by atoms with E-state index in [1.54, 1.807) is 29.2 Å². The third-order valence-corrected chi connectivity index (χ3v) is 5.33. The molecule has 4 N–H and O–H groups in total. The first-order valence-corrected chi connectivity index (χ1v) is 10.3. The SMILES string of the molecule is CN1CCN(c2cc(C(N)=O)nc(-c3ccc(Oc4ccc(F)cc4)cc3)n2)C(C(N)=O)C1. The van der Waals surface area contributed by atoms with E-state index >= 15 is 0 Å². The minimum Gasteiger partial charge on any atom is -0.457 e. The number of amides is 2. The Labute approximate surface area is 189 Å². The lowest BCUT2D eigenvalue weighted by atomic mass is 10.1. The molecular formula is C23H23FN6O3. The van der Waals surface area contributed by atoms with Crippen molar-refractivity contribution in [1.82, 2.24) is 14.9 Å². The standard InChI is InChI=1S/C23H23FN6O3/c1-29-10-11-30(19(13-29)22(26)32)20-12-18(21(25)31)27-23(28-20)14-2-6-16(7-3-14)33-17-8-4-15(24)5-9-17/h2-9,12,19H,10-11,13H2,1H3,(H2,25,31)(H2,26,32). The van der Waals surface area contributed by atoms with Gasteiger partial charge in [0, 0.05) is 31.3 Å². The third kappa shape index (κ3) is 5.07. The molecule has 1 fully saturated rings. The highest BCUT2D eigenvalue weighted by Crippen LogP contribution is 2.27. The Hall–Kier alpha value is -4.05. The number of primary amides is 2. The highest BCUT2D eigenvalue weighted by Gasteiger charge is 2.31. The van der Waals surface area contributed by atoms with Gasteiger partial charge in [0.15, 0.2) is 5.82 Å². The van der Waals surface area contributed by atoms with E-state index in [9.17, 15) is 14.0 Å². The number of piperazine rings is 1. The molecule has 2 aromatic carbocycles. The largest absolute Gasteiger partial charge is 0.457 e. The number of aromatic nitrogens is 2. The van der Waals surface area contributed by atoms with Gasteiger partial charge in [0.05, 0.1) is 0 Å². The molecule has 4 rings (SSSR count). The first-order valence-electron chi connectivity index (χ1n) is 10.3. The van der Waals surface area contributed by atoms with Crippen LogP contribution in [0.15, 0.2) is 54.6 Å². The number of likely N-dealkylation sites (N-methyl/N-ethyl adjacent to an activating group) is 1. The molecule has 0 spiro atoms. The number of carbonyl (C=O) groups is 2. The van der Waals surface area contributed by atoms with Gasteiger partial charge in [0.2, 0.25) is 5.91 Å². The highest BCUT2D eigenvalue weighted by atomic mass is 19.1. The summed E-state index contributed by atoms with van der Waals surface area (Å²) in [6.45, 7) is 1.64. The molecule has 1 unspecified atom stereocenters. The lowest BCUT2D eigenvalue weighted by molar-refractivity contribution is -0.120. The van der Waals surface area contributed by atoms with Crippen LogP contribution < -0.4 is 21.1 Å². The first kappa shape index (κ1) is 22.2. The highest BCUT2D eigenvalue weighted by molar-refractivity contribution is 5.92. The van der Waals surface area contributed by atoms with Crippen molar-refractivity contribution >= 4 is 17.6 Å². The Morgan fingerprint density at radius 1 is 1.00 bits per heavy atom. The van der Waals surface area contributed by atoms with E-state index in [0.717, 1.165) is 0 Å². The number of nitrogens with two attached hydrogens (primary N) is 2. The number of hydrogen-bond acceptors (Lipinski definition) is 7. The Morgan fingerprint density at radius 2 is 1.64 bits per heavy atom. The Morgan fingerprint density at radius 3 is 2.24 bits per heavy atom. The maximum atomic E-state index is 13.1. The van der Waals surface area contributed by atoms with Gasteiger partial charge in [-0.25, -0.2) is 14.4 Å². The Balaban J connectivity index is 1.64. The van der Waals surface area contributed by atoms with Gasteiger partial charge < -0.3 is 26.0 Å². The third-order valence-electron chi connectivity index (χ3n) is 5.33. The summed E-state index contributed by atoms with van der Waals surface area (Å²) in [5.41, 5.74) is 11.8. The number of ether oxygens (including phenoxy) is 1. The summed E-state index contributed by atoms with van der Waals surface area (Å²) >= 11 is 0. The quantitative estimate of drug-likeness (QED) is 0.586. The van der Waals surface area contributed by atoms with E-state index < -0.39 is 17.9 Å². The molecule has 2 amide bonds. The van der Waals surface area contributed by atoms with Crippen LogP contribution in [0.4, 0.5) is 10.2 Å². The minimum atomic E-state index is -0.707.